The lowest BCUT2D eigenvalue weighted by Crippen LogP contribution is -2.52. The van der Waals surface area contributed by atoms with Crippen molar-refractivity contribution in [1.82, 2.24) is 10.2 Å². The van der Waals surface area contributed by atoms with E-state index in [-0.39, 0.29) is 24.1 Å². The van der Waals surface area contributed by atoms with E-state index in [0.717, 1.165) is 21.8 Å². The van der Waals surface area contributed by atoms with Crippen molar-refractivity contribution in [2.24, 2.45) is 0 Å². The predicted octanol–water partition coefficient (Wildman–Crippen LogP) is 3.39. The van der Waals surface area contributed by atoms with E-state index in [1.165, 1.54) is 0 Å². The van der Waals surface area contributed by atoms with Gasteiger partial charge in [-0.1, -0.05) is 29.8 Å². The standard InChI is InChI=1S/C20H17ClN2O3S/c21-13-4-1-3-12(9-13)11-27-17-6-2-5-14-15(17)10-23(20(14)26)16-7-8-18(24)22-19(16)25/h1-6,9,16H,7-8,10-11H2,(H,22,24,25). The number of hydrogen-bond donors (Lipinski definition) is 1. The van der Waals surface area contributed by atoms with Gasteiger partial charge >= 0.3 is 0 Å². The van der Waals surface area contributed by atoms with Gasteiger partial charge in [0, 0.05) is 34.2 Å². The third-order valence-electron chi connectivity index (χ3n) is 4.82. The maximum absolute atomic E-state index is 12.8. The summed E-state index contributed by atoms with van der Waals surface area (Å²) in [7, 11) is 0. The molecule has 1 saturated heterocycles. The van der Waals surface area contributed by atoms with Crippen LogP contribution in [0, 0.1) is 0 Å². The minimum absolute atomic E-state index is 0.148. The van der Waals surface area contributed by atoms with E-state index in [4.69, 9.17) is 11.6 Å². The number of amides is 3. The Bertz CT molecular complexity index is 947. The molecule has 2 heterocycles. The summed E-state index contributed by atoms with van der Waals surface area (Å²) < 4.78 is 0. The van der Waals surface area contributed by atoms with Crippen molar-refractivity contribution in [2.45, 2.75) is 36.1 Å². The first-order chi connectivity index (χ1) is 13.0. The second-order valence-corrected chi connectivity index (χ2v) is 8.05. The highest BCUT2D eigenvalue weighted by molar-refractivity contribution is 7.98. The van der Waals surface area contributed by atoms with Crippen molar-refractivity contribution in [3.05, 3.63) is 64.2 Å². The largest absolute Gasteiger partial charge is 0.322 e. The number of fused-ring (bicyclic) bond motifs is 1. The second kappa shape index (κ2) is 7.37. The zero-order chi connectivity index (χ0) is 19.0. The molecule has 1 atom stereocenters. The summed E-state index contributed by atoms with van der Waals surface area (Å²) >= 11 is 7.69. The fourth-order valence-corrected chi connectivity index (χ4v) is 4.72. The number of benzene rings is 2. The summed E-state index contributed by atoms with van der Waals surface area (Å²) in [6, 6.07) is 12.8. The molecule has 2 aromatic rings. The number of imide groups is 1. The quantitative estimate of drug-likeness (QED) is 0.631. The van der Waals surface area contributed by atoms with Crippen LogP contribution in [0.5, 0.6) is 0 Å². The highest BCUT2D eigenvalue weighted by atomic mass is 35.5. The fourth-order valence-electron chi connectivity index (χ4n) is 3.48. The molecule has 0 bridgehead atoms. The molecule has 0 aliphatic carbocycles. The van der Waals surface area contributed by atoms with Gasteiger partial charge in [-0.15, -0.1) is 11.8 Å². The van der Waals surface area contributed by atoms with Crippen molar-refractivity contribution in [3.8, 4) is 0 Å². The van der Waals surface area contributed by atoms with Gasteiger partial charge in [0.05, 0.1) is 0 Å². The third-order valence-corrected chi connectivity index (χ3v) is 6.23. The number of carbonyl (C=O) groups is 3. The molecule has 2 aliphatic rings. The zero-order valence-corrected chi connectivity index (χ0v) is 16.0. The Hall–Kier alpha value is -2.31. The van der Waals surface area contributed by atoms with E-state index < -0.39 is 6.04 Å². The molecule has 7 heteroatoms. The van der Waals surface area contributed by atoms with Crippen molar-refractivity contribution < 1.29 is 14.4 Å². The molecular formula is C20H17ClN2O3S. The van der Waals surface area contributed by atoms with Crippen LogP contribution in [0.15, 0.2) is 47.4 Å². The SMILES string of the molecule is O=C1CCC(N2Cc3c(SCc4cccc(Cl)c4)cccc3C2=O)C(=O)N1. The van der Waals surface area contributed by atoms with E-state index in [1.807, 2.05) is 36.4 Å². The molecule has 1 N–H and O–H groups in total. The first-order valence-corrected chi connectivity index (χ1v) is 10.0. The van der Waals surface area contributed by atoms with Crippen molar-refractivity contribution in [2.75, 3.05) is 0 Å². The summed E-state index contributed by atoms with van der Waals surface area (Å²) in [6.45, 7) is 0.388. The number of piperidine rings is 1. The van der Waals surface area contributed by atoms with Crippen LogP contribution in [-0.4, -0.2) is 28.7 Å². The van der Waals surface area contributed by atoms with E-state index in [0.29, 0.717) is 23.6 Å². The van der Waals surface area contributed by atoms with Crippen LogP contribution in [0.4, 0.5) is 0 Å². The van der Waals surface area contributed by atoms with Crippen LogP contribution >= 0.6 is 23.4 Å². The maximum Gasteiger partial charge on any atom is 0.255 e. The number of hydrogen-bond acceptors (Lipinski definition) is 4. The van der Waals surface area contributed by atoms with E-state index in [1.54, 1.807) is 22.7 Å². The smallest absolute Gasteiger partial charge is 0.255 e. The molecule has 0 aromatic heterocycles. The van der Waals surface area contributed by atoms with Gasteiger partial charge in [0.15, 0.2) is 0 Å². The highest BCUT2D eigenvalue weighted by Gasteiger charge is 2.39. The molecule has 0 radical (unpaired) electrons. The van der Waals surface area contributed by atoms with Crippen molar-refractivity contribution in [1.29, 1.82) is 0 Å². The number of rotatable bonds is 4. The van der Waals surface area contributed by atoms with Crippen LogP contribution in [0.3, 0.4) is 0 Å². The molecule has 1 unspecified atom stereocenters. The molecule has 5 nitrogen and oxygen atoms in total. The maximum atomic E-state index is 12.8. The number of nitrogens with zero attached hydrogens (tertiary/aromatic N) is 1. The lowest BCUT2D eigenvalue weighted by atomic mass is 10.0. The summed E-state index contributed by atoms with van der Waals surface area (Å²) in [5, 5.41) is 3.03. The van der Waals surface area contributed by atoms with Gasteiger partial charge in [-0.05, 0) is 41.8 Å². The van der Waals surface area contributed by atoms with Gasteiger partial charge in [0.25, 0.3) is 5.91 Å². The Kier molecular flexibility index (Phi) is 4.93. The first-order valence-electron chi connectivity index (χ1n) is 8.67. The predicted molar refractivity (Wildman–Crippen MR) is 104 cm³/mol. The van der Waals surface area contributed by atoms with Gasteiger partial charge in [-0.2, -0.15) is 0 Å². The minimum atomic E-state index is -0.589. The molecule has 4 rings (SSSR count). The average molecular weight is 401 g/mol. The minimum Gasteiger partial charge on any atom is -0.322 e. The van der Waals surface area contributed by atoms with E-state index >= 15 is 0 Å². The normalized spacial score (nSPS) is 19.2. The second-order valence-electron chi connectivity index (χ2n) is 6.60. The van der Waals surface area contributed by atoms with Crippen LogP contribution < -0.4 is 5.32 Å². The lowest BCUT2D eigenvalue weighted by molar-refractivity contribution is -0.136. The van der Waals surface area contributed by atoms with Crippen LogP contribution in [0.25, 0.3) is 0 Å². The summed E-state index contributed by atoms with van der Waals surface area (Å²) in [5.74, 6) is -0.0766. The van der Waals surface area contributed by atoms with Gasteiger partial charge in [0.2, 0.25) is 11.8 Å². The molecule has 138 valence electrons. The molecule has 27 heavy (non-hydrogen) atoms. The molecule has 1 fully saturated rings. The van der Waals surface area contributed by atoms with E-state index in [9.17, 15) is 14.4 Å². The number of halogens is 1. The Morgan fingerprint density at radius 2 is 1.96 bits per heavy atom. The Morgan fingerprint density at radius 3 is 2.74 bits per heavy atom. The summed E-state index contributed by atoms with van der Waals surface area (Å²) in [4.78, 5) is 39.0. The summed E-state index contributed by atoms with van der Waals surface area (Å²) in [6.07, 6.45) is 0.627. The van der Waals surface area contributed by atoms with Gasteiger partial charge in [-0.25, -0.2) is 0 Å². The topological polar surface area (TPSA) is 66.5 Å². The van der Waals surface area contributed by atoms with Crippen LogP contribution in [0.1, 0.15) is 34.3 Å². The Morgan fingerprint density at radius 1 is 1.15 bits per heavy atom. The molecule has 3 amide bonds. The zero-order valence-electron chi connectivity index (χ0n) is 14.4. The highest BCUT2D eigenvalue weighted by Crippen LogP contribution is 2.35. The molecule has 2 aromatic carbocycles. The number of thioether (sulfide) groups is 1. The molecule has 2 aliphatic heterocycles. The molecular weight excluding hydrogens is 384 g/mol. The van der Waals surface area contributed by atoms with Crippen LogP contribution in [-0.2, 0) is 21.9 Å². The monoisotopic (exact) mass is 400 g/mol. The number of carbonyl (C=O) groups excluding carboxylic acids is 3. The van der Waals surface area contributed by atoms with Gasteiger partial charge in [0.1, 0.15) is 6.04 Å². The number of nitrogens with one attached hydrogen (secondary N) is 1. The Labute approximate surface area is 166 Å². The Balaban J connectivity index is 1.54. The first kappa shape index (κ1) is 18.1. The van der Waals surface area contributed by atoms with Crippen molar-refractivity contribution >= 4 is 41.1 Å². The summed E-state index contributed by atoms with van der Waals surface area (Å²) in [5.41, 5.74) is 2.69. The fraction of sp³-hybridized carbons (Fsp3) is 0.250. The van der Waals surface area contributed by atoms with Gasteiger partial charge in [-0.3, -0.25) is 19.7 Å². The van der Waals surface area contributed by atoms with E-state index in [2.05, 4.69) is 5.32 Å². The van der Waals surface area contributed by atoms with Crippen LogP contribution in [0.2, 0.25) is 5.02 Å². The lowest BCUT2D eigenvalue weighted by Gasteiger charge is -2.29. The molecule has 0 spiro atoms. The third kappa shape index (κ3) is 3.59. The van der Waals surface area contributed by atoms with Crippen molar-refractivity contribution in [3.63, 3.8) is 0 Å². The van der Waals surface area contributed by atoms with Gasteiger partial charge < -0.3 is 4.90 Å². The average Bonchev–Trinajstić information content (AvgIpc) is 2.97. The molecule has 0 saturated carbocycles.